The maximum Gasteiger partial charge on any atom is 0.108 e. The van der Waals surface area contributed by atoms with Gasteiger partial charge in [0.1, 0.15) is 5.82 Å². The predicted molar refractivity (Wildman–Crippen MR) is 53.5 cm³/mol. The van der Waals surface area contributed by atoms with Crippen molar-refractivity contribution in [1.82, 2.24) is 9.55 Å². The Morgan fingerprint density at radius 3 is 3.31 bits per heavy atom. The van der Waals surface area contributed by atoms with E-state index in [4.69, 9.17) is 0 Å². The molecule has 2 unspecified atom stereocenters. The molecule has 0 spiro atoms. The minimum Gasteiger partial charge on any atom is -0.335 e. The zero-order valence-electron chi connectivity index (χ0n) is 8.53. The lowest BCUT2D eigenvalue weighted by Gasteiger charge is -2.27. The predicted octanol–water partition coefficient (Wildman–Crippen LogP) is 2.49. The average Bonchev–Trinajstić information content (AvgIpc) is 2.63. The first-order chi connectivity index (χ1) is 6.31. The fraction of sp³-hybridized carbons (Fsp3) is 0.727. The molecular weight excluding hydrogens is 160 g/mol. The second-order valence-electron chi connectivity index (χ2n) is 4.18. The minimum absolute atomic E-state index is 0.852. The van der Waals surface area contributed by atoms with Gasteiger partial charge in [-0.3, -0.25) is 0 Å². The van der Waals surface area contributed by atoms with Crippen molar-refractivity contribution in [3.05, 3.63) is 18.2 Å². The molecule has 2 heteroatoms. The summed E-state index contributed by atoms with van der Waals surface area (Å²) >= 11 is 0. The number of rotatable bonds is 2. The van der Waals surface area contributed by atoms with Crippen LogP contribution in [0.2, 0.25) is 0 Å². The SMILES string of the molecule is CCC(C)C1CCn2ccnc2C1. The monoisotopic (exact) mass is 178 g/mol. The van der Waals surface area contributed by atoms with Crippen molar-refractivity contribution in [1.29, 1.82) is 0 Å². The standard InChI is InChI=1S/C11H18N2/c1-3-9(2)10-4-6-13-7-5-12-11(13)8-10/h5,7,9-10H,3-4,6,8H2,1-2H3. The first-order valence-corrected chi connectivity index (χ1v) is 5.31. The molecular formula is C11H18N2. The summed E-state index contributed by atoms with van der Waals surface area (Å²) in [5, 5.41) is 0. The van der Waals surface area contributed by atoms with Crippen LogP contribution >= 0.6 is 0 Å². The van der Waals surface area contributed by atoms with E-state index in [9.17, 15) is 0 Å². The van der Waals surface area contributed by atoms with Crippen LogP contribution in [0.25, 0.3) is 0 Å². The second kappa shape index (κ2) is 3.52. The van der Waals surface area contributed by atoms with Crippen molar-refractivity contribution < 1.29 is 0 Å². The molecule has 0 bridgehead atoms. The van der Waals surface area contributed by atoms with Crippen LogP contribution in [0.1, 0.15) is 32.5 Å². The van der Waals surface area contributed by atoms with Gasteiger partial charge in [0.15, 0.2) is 0 Å². The third-order valence-electron chi connectivity index (χ3n) is 3.44. The van der Waals surface area contributed by atoms with Crippen LogP contribution in [0.15, 0.2) is 12.4 Å². The Morgan fingerprint density at radius 2 is 2.54 bits per heavy atom. The highest BCUT2D eigenvalue weighted by atomic mass is 15.1. The fourth-order valence-electron chi connectivity index (χ4n) is 2.19. The molecule has 1 aliphatic rings. The Morgan fingerprint density at radius 1 is 1.69 bits per heavy atom. The van der Waals surface area contributed by atoms with Gasteiger partial charge in [-0.2, -0.15) is 0 Å². The van der Waals surface area contributed by atoms with Gasteiger partial charge in [0.25, 0.3) is 0 Å². The number of hydrogen-bond donors (Lipinski definition) is 0. The van der Waals surface area contributed by atoms with Crippen molar-refractivity contribution in [2.24, 2.45) is 11.8 Å². The molecule has 2 rings (SSSR count). The lowest BCUT2D eigenvalue weighted by Crippen LogP contribution is -2.23. The van der Waals surface area contributed by atoms with Gasteiger partial charge >= 0.3 is 0 Å². The summed E-state index contributed by atoms with van der Waals surface area (Å²) in [6, 6.07) is 0. The normalized spacial score (nSPS) is 24.0. The Hall–Kier alpha value is -0.790. The molecule has 1 aromatic rings. The molecule has 0 saturated heterocycles. The molecule has 0 N–H and O–H groups in total. The highest BCUT2D eigenvalue weighted by molar-refractivity contribution is 4.97. The van der Waals surface area contributed by atoms with Crippen molar-refractivity contribution in [2.75, 3.05) is 0 Å². The van der Waals surface area contributed by atoms with E-state index in [1.807, 2.05) is 6.20 Å². The molecule has 2 atom stereocenters. The molecule has 0 fully saturated rings. The minimum atomic E-state index is 0.852. The van der Waals surface area contributed by atoms with E-state index in [1.54, 1.807) is 0 Å². The van der Waals surface area contributed by atoms with Gasteiger partial charge in [-0.15, -0.1) is 0 Å². The van der Waals surface area contributed by atoms with E-state index >= 15 is 0 Å². The summed E-state index contributed by atoms with van der Waals surface area (Å²) < 4.78 is 2.29. The molecule has 2 heterocycles. The first-order valence-electron chi connectivity index (χ1n) is 5.31. The Balaban J connectivity index is 2.08. The molecule has 1 aromatic heterocycles. The van der Waals surface area contributed by atoms with Crippen molar-refractivity contribution in [2.45, 2.75) is 39.7 Å². The van der Waals surface area contributed by atoms with E-state index < -0.39 is 0 Å². The zero-order valence-corrected chi connectivity index (χ0v) is 8.53. The lowest BCUT2D eigenvalue weighted by molar-refractivity contribution is 0.276. The van der Waals surface area contributed by atoms with Crippen molar-refractivity contribution >= 4 is 0 Å². The smallest absolute Gasteiger partial charge is 0.108 e. The molecule has 0 radical (unpaired) electrons. The van der Waals surface area contributed by atoms with Gasteiger partial charge in [0.05, 0.1) is 0 Å². The van der Waals surface area contributed by atoms with Crippen molar-refractivity contribution in [3.8, 4) is 0 Å². The van der Waals surface area contributed by atoms with Crippen LogP contribution < -0.4 is 0 Å². The molecule has 0 saturated carbocycles. The van der Waals surface area contributed by atoms with Gasteiger partial charge in [-0.25, -0.2) is 4.98 Å². The lowest BCUT2D eigenvalue weighted by atomic mass is 9.84. The molecule has 1 aliphatic heterocycles. The van der Waals surface area contributed by atoms with Crippen LogP contribution in [0.4, 0.5) is 0 Å². The third kappa shape index (κ3) is 1.62. The van der Waals surface area contributed by atoms with Crippen LogP contribution in [0, 0.1) is 11.8 Å². The molecule has 0 aliphatic carbocycles. The second-order valence-corrected chi connectivity index (χ2v) is 4.18. The van der Waals surface area contributed by atoms with Crippen LogP contribution in [0.5, 0.6) is 0 Å². The van der Waals surface area contributed by atoms with E-state index in [-0.39, 0.29) is 0 Å². The summed E-state index contributed by atoms with van der Waals surface area (Å²) in [7, 11) is 0. The van der Waals surface area contributed by atoms with Crippen LogP contribution in [0.3, 0.4) is 0 Å². The topological polar surface area (TPSA) is 17.8 Å². The van der Waals surface area contributed by atoms with E-state index in [0.29, 0.717) is 0 Å². The Bertz CT molecular complexity index is 277. The van der Waals surface area contributed by atoms with Crippen LogP contribution in [-0.2, 0) is 13.0 Å². The molecule has 2 nitrogen and oxygen atoms in total. The van der Waals surface area contributed by atoms with Gasteiger partial charge in [0, 0.05) is 25.4 Å². The van der Waals surface area contributed by atoms with Gasteiger partial charge in [-0.1, -0.05) is 20.3 Å². The third-order valence-corrected chi connectivity index (χ3v) is 3.44. The van der Waals surface area contributed by atoms with Gasteiger partial charge in [0.2, 0.25) is 0 Å². The molecule has 13 heavy (non-hydrogen) atoms. The Kier molecular flexibility index (Phi) is 2.38. The van der Waals surface area contributed by atoms with Crippen molar-refractivity contribution in [3.63, 3.8) is 0 Å². The van der Waals surface area contributed by atoms with Gasteiger partial charge in [-0.05, 0) is 18.3 Å². The Labute approximate surface area is 80.0 Å². The number of imidazole rings is 1. The molecule has 0 aromatic carbocycles. The van der Waals surface area contributed by atoms with Crippen LogP contribution in [-0.4, -0.2) is 9.55 Å². The fourth-order valence-corrected chi connectivity index (χ4v) is 2.19. The van der Waals surface area contributed by atoms with E-state index in [1.165, 1.54) is 31.6 Å². The summed E-state index contributed by atoms with van der Waals surface area (Å²) in [6.07, 6.45) is 7.84. The largest absolute Gasteiger partial charge is 0.335 e. The quantitative estimate of drug-likeness (QED) is 0.680. The highest BCUT2D eigenvalue weighted by Crippen LogP contribution is 2.27. The van der Waals surface area contributed by atoms with E-state index in [0.717, 1.165) is 11.8 Å². The maximum absolute atomic E-state index is 4.39. The summed E-state index contributed by atoms with van der Waals surface area (Å²) in [4.78, 5) is 4.39. The zero-order chi connectivity index (χ0) is 9.26. The number of nitrogens with zero attached hydrogens (tertiary/aromatic N) is 2. The molecule has 0 amide bonds. The van der Waals surface area contributed by atoms with E-state index in [2.05, 4.69) is 29.6 Å². The average molecular weight is 178 g/mol. The summed E-state index contributed by atoms with van der Waals surface area (Å²) in [5.41, 5.74) is 0. The first kappa shape index (κ1) is 8.79. The summed E-state index contributed by atoms with van der Waals surface area (Å²) in [6.45, 7) is 5.82. The number of aromatic nitrogens is 2. The highest BCUT2D eigenvalue weighted by Gasteiger charge is 2.22. The van der Waals surface area contributed by atoms with Gasteiger partial charge < -0.3 is 4.57 Å². The number of fused-ring (bicyclic) bond motifs is 1. The molecule has 72 valence electrons. The number of hydrogen-bond acceptors (Lipinski definition) is 1. The number of aryl methyl sites for hydroxylation is 1. The summed E-state index contributed by atoms with van der Waals surface area (Å²) in [5.74, 6) is 3.00. The maximum atomic E-state index is 4.39.